The molecule has 1 N–H and O–H groups in total. The fourth-order valence-corrected chi connectivity index (χ4v) is 4.39. The number of nitrogens with zero attached hydrogens (tertiary/aromatic N) is 3. The molecule has 0 bridgehead atoms. The average Bonchev–Trinajstić information content (AvgIpc) is 3.16. The molecule has 4 rings (SSSR count). The Morgan fingerprint density at radius 1 is 1.09 bits per heavy atom. The van der Waals surface area contributed by atoms with Crippen molar-refractivity contribution in [2.45, 2.75) is 53.0 Å². The Morgan fingerprint density at radius 3 is 2.55 bits per heavy atom. The Bertz CT molecular complexity index is 1180. The number of aryl methyl sites for hydroxylation is 3. The van der Waals surface area contributed by atoms with E-state index in [1.54, 1.807) is 11.8 Å². The number of pyridine rings is 1. The van der Waals surface area contributed by atoms with Gasteiger partial charge < -0.3 is 19.4 Å². The van der Waals surface area contributed by atoms with Crippen LogP contribution in [0.15, 0.2) is 36.5 Å². The lowest BCUT2D eigenvalue weighted by atomic mass is 10.0. The summed E-state index contributed by atoms with van der Waals surface area (Å²) in [5, 5.41) is 3.17. The Hall–Kier alpha value is -3.35. The van der Waals surface area contributed by atoms with Gasteiger partial charge in [-0.05, 0) is 69.4 Å². The van der Waals surface area contributed by atoms with Gasteiger partial charge in [-0.2, -0.15) is 0 Å². The van der Waals surface area contributed by atoms with E-state index in [9.17, 15) is 9.59 Å². The summed E-state index contributed by atoms with van der Waals surface area (Å²) in [4.78, 5) is 31.6. The van der Waals surface area contributed by atoms with Crippen LogP contribution in [0.25, 0.3) is 16.9 Å². The monoisotopic (exact) mass is 448 g/mol. The van der Waals surface area contributed by atoms with E-state index in [1.807, 2.05) is 29.7 Å². The van der Waals surface area contributed by atoms with Gasteiger partial charge in [-0.15, -0.1) is 0 Å². The first-order chi connectivity index (χ1) is 15.9. The summed E-state index contributed by atoms with van der Waals surface area (Å²) in [5.74, 6) is -0.0297. The Labute approximate surface area is 194 Å². The van der Waals surface area contributed by atoms with Crippen LogP contribution in [-0.2, 0) is 16.0 Å². The Kier molecular flexibility index (Phi) is 6.67. The SMILES string of the molecule is CCOC(=O)N1CCC(NC(=O)Cc2c(-c3ccc(C)c(C)c3)nc3c(C)cccn23)CC1. The van der Waals surface area contributed by atoms with Crippen LogP contribution in [0.4, 0.5) is 4.79 Å². The highest BCUT2D eigenvalue weighted by Crippen LogP contribution is 2.28. The van der Waals surface area contributed by atoms with Crippen molar-refractivity contribution < 1.29 is 14.3 Å². The molecule has 2 amide bonds. The van der Waals surface area contributed by atoms with Crippen molar-refractivity contribution in [3.63, 3.8) is 0 Å². The molecule has 3 heterocycles. The maximum Gasteiger partial charge on any atom is 0.409 e. The zero-order chi connectivity index (χ0) is 23.5. The number of fused-ring (bicyclic) bond motifs is 1. The minimum atomic E-state index is -0.276. The smallest absolute Gasteiger partial charge is 0.409 e. The molecule has 1 aromatic carbocycles. The molecule has 7 heteroatoms. The van der Waals surface area contributed by atoms with Gasteiger partial charge in [-0.1, -0.05) is 18.2 Å². The van der Waals surface area contributed by atoms with E-state index in [0.717, 1.165) is 41.0 Å². The third-order valence-corrected chi connectivity index (χ3v) is 6.44. The number of hydrogen-bond donors (Lipinski definition) is 1. The number of imidazole rings is 1. The summed E-state index contributed by atoms with van der Waals surface area (Å²) in [5.41, 5.74) is 7.12. The summed E-state index contributed by atoms with van der Waals surface area (Å²) in [7, 11) is 0. The van der Waals surface area contributed by atoms with Gasteiger partial charge >= 0.3 is 6.09 Å². The van der Waals surface area contributed by atoms with Crippen molar-refractivity contribution in [3.05, 3.63) is 58.9 Å². The van der Waals surface area contributed by atoms with E-state index in [0.29, 0.717) is 19.7 Å². The molecule has 0 saturated carbocycles. The lowest BCUT2D eigenvalue weighted by Gasteiger charge is -2.31. The normalized spacial score (nSPS) is 14.5. The number of likely N-dealkylation sites (tertiary alicyclic amines) is 1. The molecule has 0 unspecified atom stereocenters. The topological polar surface area (TPSA) is 75.9 Å². The molecule has 0 radical (unpaired) electrons. The van der Waals surface area contributed by atoms with Crippen LogP contribution >= 0.6 is 0 Å². The maximum absolute atomic E-state index is 13.1. The summed E-state index contributed by atoms with van der Waals surface area (Å²) < 4.78 is 7.11. The molecule has 3 aromatic rings. The number of carbonyl (C=O) groups is 2. The molecule has 174 valence electrons. The summed E-state index contributed by atoms with van der Waals surface area (Å²) in [6.07, 6.45) is 3.38. The van der Waals surface area contributed by atoms with Crippen LogP contribution in [0.2, 0.25) is 0 Å². The van der Waals surface area contributed by atoms with Gasteiger partial charge in [0.2, 0.25) is 5.91 Å². The van der Waals surface area contributed by atoms with Crippen molar-refractivity contribution >= 4 is 17.6 Å². The molecule has 0 aliphatic carbocycles. The molecular weight excluding hydrogens is 416 g/mol. The molecule has 33 heavy (non-hydrogen) atoms. The molecule has 1 fully saturated rings. The zero-order valence-electron chi connectivity index (χ0n) is 19.9. The fraction of sp³-hybridized carbons (Fsp3) is 0.423. The van der Waals surface area contributed by atoms with Crippen molar-refractivity contribution in [2.75, 3.05) is 19.7 Å². The average molecular weight is 449 g/mol. The van der Waals surface area contributed by atoms with Crippen LogP contribution in [0.3, 0.4) is 0 Å². The zero-order valence-corrected chi connectivity index (χ0v) is 19.9. The highest BCUT2D eigenvalue weighted by atomic mass is 16.6. The number of nitrogens with one attached hydrogen (secondary N) is 1. The highest BCUT2D eigenvalue weighted by Gasteiger charge is 2.25. The Morgan fingerprint density at radius 2 is 1.85 bits per heavy atom. The number of hydrogen-bond acceptors (Lipinski definition) is 4. The molecule has 0 spiro atoms. The van der Waals surface area contributed by atoms with Gasteiger partial charge in [0, 0.05) is 30.9 Å². The van der Waals surface area contributed by atoms with Gasteiger partial charge in [0.15, 0.2) is 0 Å². The largest absolute Gasteiger partial charge is 0.450 e. The summed E-state index contributed by atoms with van der Waals surface area (Å²) in [6, 6.07) is 10.4. The molecule has 1 saturated heterocycles. The van der Waals surface area contributed by atoms with Crippen molar-refractivity contribution in [1.29, 1.82) is 0 Å². The van der Waals surface area contributed by atoms with Crippen LogP contribution in [-0.4, -0.2) is 52.0 Å². The molecule has 1 aliphatic heterocycles. The minimum Gasteiger partial charge on any atom is -0.450 e. The predicted octanol–water partition coefficient (Wildman–Crippen LogP) is 4.21. The lowest BCUT2D eigenvalue weighted by molar-refractivity contribution is -0.121. The van der Waals surface area contributed by atoms with Gasteiger partial charge in [0.05, 0.1) is 24.4 Å². The quantitative estimate of drug-likeness (QED) is 0.635. The van der Waals surface area contributed by atoms with Crippen molar-refractivity contribution in [3.8, 4) is 11.3 Å². The number of carbonyl (C=O) groups excluding carboxylic acids is 2. The van der Waals surface area contributed by atoms with Gasteiger partial charge in [0.1, 0.15) is 5.65 Å². The first-order valence-electron chi connectivity index (χ1n) is 11.6. The van der Waals surface area contributed by atoms with E-state index < -0.39 is 0 Å². The number of amides is 2. The van der Waals surface area contributed by atoms with E-state index in [4.69, 9.17) is 9.72 Å². The predicted molar refractivity (Wildman–Crippen MR) is 128 cm³/mol. The molecule has 7 nitrogen and oxygen atoms in total. The molecule has 0 atom stereocenters. The fourth-order valence-electron chi connectivity index (χ4n) is 4.39. The first kappa shape index (κ1) is 22.8. The number of piperidine rings is 1. The number of ether oxygens (including phenoxy) is 1. The van der Waals surface area contributed by atoms with Crippen LogP contribution in [0.1, 0.15) is 42.1 Å². The second-order valence-corrected chi connectivity index (χ2v) is 8.80. The maximum atomic E-state index is 13.1. The minimum absolute atomic E-state index is 0.0297. The molecular formula is C26H32N4O3. The standard InChI is InChI=1S/C26H32N4O3/c1-5-33-26(32)29-13-10-21(11-14-29)27-23(31)16-22-24(20-9-8-17(2)19(4)15-20)28-25-18(3)7-6-12-30(22)25/h6-9,12,15,21H,5,10-11,13-14,16H2,1-4H3,(H,27,31). The van der Waals surface area contributed by atoms with Crippen LogP contribution < -0.4 is 5.32 Å². The molecule has 1 aliphatic rings. The number of rotatable bonds is 5. The van der Waals surface area contributed by atoms with Crippen LogP contribution in [0, 0.1) is 20.8 Å². The van der Waals surface area contributed by atoms with E-state index in [2.05, 4.69) is 37.4 Å². The third kappa shape index (κ3) is 4.87. The van der Waals surface area contributed by atoms with E-state index >= 15 is 0 Å². The van der Waals surface area contributed by atoms with E-state index in [1.165, 1.54) is 11.1 Å². The van der Waals surface area contributed by atoms with Gasteiger partial charge in [-0.25, -0.2) is 9.78 Å². The second kappa shape index (κ2) is 9.65. The number of benzene rings is 1. The first-order valence-corrected chi connectivity index (χ1v) is 11.6. The lowest BCUT2D eigenvalue weighted by Crippen LogP contribution is -2.47. The van der Waals surface area contributed by atoms with Crippen molar-refractivity contribution in [2.24, 2.45) is 0 Å². The number of aromatic nitrogens is 2. The van der Waals surface area contributed by atoms with E-state index in [-0.39, 0.29) is 24.5 Å². The van der Waals surface area contributed by atoms with Gasteiger partial charge in [0.25, 0.3) is 0 Å². The molecule has 2 aromatic heterocycles. The Balaban J connectivity index is 1.53. The van der Waals surface area contributed by atoms with Crippen LogP contribution in [0.5, 0.6) is 0 Å². The second-order valence-electron chi connectivity index (χ2n) is 8.80. The summed E-state index contributed by atoms with van der Waals surface area (Å²) >= 11 is 0. The van der Waals surface area contributed by atoms with Crippen molar-refractivity contribution in [1.82, 2.24) is 19.6 Å². The van der Waals surface area contributed by atoms with Gasteiger partial charge in [-0.3, -0.25) is 4.79 Å². The highest BCUT2D eigenvalue weighted by molar-refractivity contribution is 5.82. The third-order valence-electron chi connectivity index (χ3n) is 6.44. The summed E-state index contributed by atoms with van der Waals surface area (Å²) in [6.45, 7) is 9.58.